The van der Waals surface area contributed by atoms with Gasteiger partial charge in [0.25, 0.3) is 0 Å². The number of carbonyl (C=O) groups is 1. The molecule has 0 aliphatic rings. The summed E-state index contributed by atoms with van der Waals surface area (Å²) >= 11 is 0. The number of hydrogen-bond acceptors (Lipinski definition) is 2. The minimum absolute atomic E-state index is 0.189. The van der Waals surface area contributed by atoms with E-state index in [9.17, 15) is 4.79 Å². The summed E-state index contributed by atoms with van der Waals surface area (Å²) in [4.78, 5) is 14.8. The summed E-state index contributed by atoms with van der Waals surface area (Å²) in [7, 11) is 0. The van der Waals surface area contributed by atoms with Gasteiger partial charge in [-0.1, -0.05) is 58.0 Å². The van der Waals surface area contributed by atoms with Gasteiger partial charge in [0.2, 0.25) is 5.91 Å². The monoisotopic (exact) mass is 341 g/mol. The Balaban J connectivity index is 2.08. The zero-order chi connectivity index (χ0) is 18.4. The van der Waals surface area contributed by atoms with E-state index >= 15 is 0 Å². The molecular weight excluding hydrogens is 310 g/mol. The minimum atomic E-state index is 0.189. The molecule has 0 saturated heterocycles. The van der Waals surface area contributed by atoms with Gasteiger partial charge in [-0.05, 0) is 42.4 Å². The highest BCUT2D eigenvalue weighted by Crippen LogP contribution is 2.27. The van der Waals surface area contributed by atoms with Gasteiger partial charge >= 0.3 is 0 Å². The molecule has 0 saturated carbocycles. The van der Waals surface area contributed by atoms with Crippen LogP contribution >= 0.6 is 0 Å². The summed E-state index contributed by atoms with van der Waals surface area (Å²) in [6, 6.07) is 14.0. The molecule has 0 aliphatic heterocycles. The van der Waals surface area contributed by atoms with E-state index in [4.69, 9.17) is 4.42 Å². The van der Waals surface area contributed by atoms with Crippen LogP contribution in [0.5, 0.6) is 0 Å². The molecule has 0 fully saturated rings. The average Bonchev–Trinajstić information content (AvgIpc) is 2.91. The van der Waals surface area contributed by atoms with Crippen LogP contribution in [0.4, 0.5) is 0 Å². The molecule has 0 unspecified atom stereocenters. The number of hydrogen-bond donors (Lipinski definition) is 0. The van der Waals surface area contributed by atoms with E-state index < -0.39 is 0 Å². The lowest BCUT2D eigenvalue weighted by Crippen LogP contribution is -2.31. The Morgan fingerprint density at radius 2 is 1.76 bits per heavy atom. The van der Waals surface area contributed by atoms with Gasteiger partial charge in [-0.25, -0.2) is 0 Å². The molecule has 2 aromatic rings. The molecule has 1 aromatic carbocycles. The number of carbonyl (C=O) groups excluding carboxylic acids is 1. The van der Waals surface area contributed by atoms with Crippen molar-refractivity contribution >= 4 is 5.91 Å². The van der Waals surface area contributed by atoms with E-state index in [-0.39, 0.29) is 11.3 Å². The van der Waals surface area contributed by atoms with Crippen LogP contribution in [-0.4, -0.2) is 10.8 Å². The molecule has 3 nitrogen and oxygen atoms in total. The van der Waals surface area contributed by atoms with Gasteiger partial charge < -0.3 is 9.32 Å². The standard InChI is InChI=1S/C22H31NO2/c1-17(14-22(3,4)5)13-21(24)23(15-19-9-7-6-8-10-19)16-20-12-11-18(2)25-20/h6-12,17H,13-16H2,1-5H3/t17-/m1/s1. The van der Waals surface area contributed by atoms with Crippen molar-refractivity contribution in [1.29, 1.82) is 0 Å². The van der Waals surface area contributed by atoms with Crippen molar-refractivity contribution in [2.24, 2.45) is 11.3 Å². The topological polar surface area (TPSA) is 33.5 Å². The van der Waals surface area contributed by atoms with Crippen molar-refractivity contribution in [2.45, 2.75) is 60.5 Å². The molecule has 2 rings (SSSR count). The van der Waals surface area contributed by atoms with Crippen molar-refractivity contribution in [3.05, 3.63) is 59.5 Å². The van der Waals surface area contributed by atoms with Gasteiger partial charge in [0.15, 0.2) is 0 Å². The molecule has 1 amide bonds. The van der Waals surface area contributed by atoms with E-state index in [2.05, 4.69) is 39.8 Å². The second kappa shape index (κ2) is 8.37. The average molecular weight is 341 g/mol. The predicted octanol–water partition coefficient (Wildman–Crippen LogP) is 5.58. The lowest BCUT2D eigenvalue weighted by atomic mass is 9.84. The fourth-order valence-corrected chi connectivity index (χ4v) is 3.34. The number of benzene rings is 1. The number of furan rings is 1. The Morgan fingerprint density at radius 1 is 1.08 bits per heavy atom. The van der Waals surface area contributed by atoms with Crippen LogP contribution in [0, 0.1) is 18.3 Å². The van der Waals surface area contributed by atoms with Crippen molar-refractivity contribution in [2.75, 3.05) is 0 Å². The normalized spacial score (nSPS) is 12.8. The van der Waals surface area contributed by atoms with Crippen LogP contribution in [0.1, 0.15) is 57.6 Å². The molecule has 25 heavy (non-hydrogen) atoms. The summed E-state index contributed by atoms with van der Waals surface area (Å²) in [5.41, 5.74) is 1.38. The van der Waals surface area contributed by atoms with Crippen molar-refractivity contribution in [3.63, 3.8) is 0 Å². The first-order valence-electron chi connectivity index (χ1n) is 9.10. The van der Waals surface area contributed by atoms with Gasteiger partial charge in [0.05, 0.1) is 6.54 Å². The van der Waals surface area contributed by atoms with Crippen LogP contribution < -0.4 is 0 Å². The summed E-state index contributed by atoms with van der Waals surface area (Å²) in [5, 5.41) is 0. The molecular formula is C22H31NO2. The van der Waals surface area contributed by atoms with E-state index in [1.165, 1.54) is 0 Å². The number of amides is 1. The van der Waals surface area contributed by atoms with E-state index in [0.29, 0.717) is 25.4 Å². The first kappa shape index (κ1) is 19.3. The Labute approximate surface area is 152 Å². The highest BCUT2D eigenvalue weighted by Gasteiger charge is 2.22. The molecule has 1 atom stereocenters. The second-order valence-electron chi connectivity index (χ2n) is 8.32. The maximum atomic E-state index is 12.9. The van der Waals surface area contributed by atoms with E-state index in [1.807, 2.05) is 42.2 Å². The van der Waals surface area contributed by atoms with Gasteiger partial charge in [0.1, 0.15) is 11.5 Å². The maximum Gasteiger partial charge on any atom is 0.223 e. The fraction of sp³-hybridized carbons (Fsp3) is 0.500. The van der Waals surface area contributed by atoms with Gasteiger partial charge in [0, 0.05) is 13.0 Å². The van der Waals surface area contributed by atoms with Crippen LogP contribution in [0.25, 0.3) is 0 Å². The van der Waals surface area contributed by atoms with Crippen LogP contribution in [0.2, 0.25) is 0 Å². The Bertz CT molecular complexity index is 667. The van der Waals surface area contributed by atoms with Crippen LogP contribution in [0.3, 0.4) is 0 Å². The van der Waals surface area contributed by atoms with Crippen molar-refractivity contribution in [1.82, 2.24) is 4.90 Å². The number of aryl methyl sites for hydroxylation is 1. The third-order valence-corrected chi connectivity index (χ3v) is 4.20. The van der Waals surface area contributed by atoms with E-state index in [0.717, 1.165) is 23.5 Å². The van der Waals surface area contributed by atoms with E-state index in [1.54, 1.807) is 0 Å². The lowest BCUT2D eigenvalue weighted by molar-refractivity contribution is -0.133. The SMILES string of the molecule is Cc1ccc(CN(Cc2ccccc2)C(=O)C[C@@H](C)CC(C)(C)C)o1. The predicted molar refractivity (Wildman–Crippen MR) is 102 cm³/mol. The second-order valence-corrected chi connectivity index (χ2v) is 8.32. The van der Waals surface area contributed by atoms with Gasteiger partial charge in [-0.3, -0.25) is 4.79 Å². The van der Waals surface area contributed by atoms with Gasteiger partial charge in [-0.15, -0.1) is 0 Å². The Morgan fingerprint density at radius 3 is 2.32 bits per heavy atom. The fourth-order valence-electron chi connectivity index (χ4n) is 3.34. The maximum absolute atomic E-state index is 12.9. The van der Waals surface area contributed by atoms with Crippen LogP contribution in [-0.2, 0) is 17.9 Å². The first-order chi connectivity index (χ1) is 11.7. The Kier molecular flexibility index (Phi) is 6.46. The smallest absolute Gasteiger partial charge is 0.223 e. The summed E-state index contributed by atoms with van der Waals surface area (Å²) < 4.78 is 5.69. The molecule has 136 valence electrons. The summed E-state index contributed by atoms with van der Waals surface area (Å²) in [6.07, 6.45) is 1.61. The third-order valence-electron chi connectivity index (χ3n) is 4.20. The molecule has 1 heterocycles. The highest BCUT2D eigenvalue weighted by atomic mass is 16.3. The lowest BCUT2D eigenvalue weighted by Gasteiger charge is -2.26. The first-order valence-corrected chi connectivity index (χ1v) is 9.10. The third kappa shape index (κ3) is 6.77. The molecule has 0 spiro atoms. The largest absolute Gasteiger partial charge is 0.464 e. The minimum Gasteiger partial charge on any atom is -0.464 e. The van der Waals surface area contributed by atoms with Crippen LogP contribution in [0.15, 0.2) is 46.9 Å². The van der Waals surface area contributed by atoms with Gasteiger partial charge in [-0.2, -0.15) is 0 Å². The molecule has 0 aliphatic carbocycles. The molecule has 0 bridgehead atoms. The zero-order valence-corrected chi connectivity index (χ0v) is 16.2. The Hall–Kier alpha value is -2.03. The highest BCUT2D eigenvalue weighted by molar-refractivity contribution is 5.76. The number of nitrogens with zero attached hydrogens (tertiary/aromatic N) is 1. The van der Waals surface area contributed by atoms with Crippen molar-refractivity contribution in [3.8, 4) is 0 Å². The zero-order valence-electron chi connectivity index (χ0n) is 16.2. The number of rotatable bonds is 7. The summed E-state index contributed by atoms with van der Waals surface area (Å²) in [5.74, 6) is 2.27. The molecule has 0 N–H and O–H groups in total. The molecule has 1 aromatic heterocycles. The molecule has 3 heteroatoms. The molecule has 0 radical (unpaired) electrons. The quantitative estimate of drug-likeness (QED) is 0.659. The summed E-state index contributed by atoms with van der Waals surface area (Å²) in [6.45, 7) is 11.9. The van der Waals surface area contributed by atoms with Crippen molar-refractivity contribution < 1.29 is 9.21 Å².